The SMILES string of the molecule is CCN(CC)CCn1c(NC(=O)c2ccc(COc3c(F)c(F)c(F)c(F)c3F)o2)nc2ccccc21. The van der Waals surface area contributed by atoms with E-state index in [1.54, 1.807) is 0 Å². The van der Waals surface area contributed by atoms with Gasteiger partial charge in [0, 0.05) is 13.1 Å². The molecule has 0 fully saturated rings. The Kier molecular flexibility index (Phi) is 7.77. The maximum absolute atomic E-state index is 13.8. The summed E-state index contributed by atoms with van der Waals surface area (Å²) in [4.78, 5) is 19.6. The molecule has 0 aliphatic rings. The van der Waals surface area contributed by atoms with Crippen molar-refractivity contribution in [1.29, 1.82) is 0 Å². The Labute approximate surface area is 208 Å². The Balaban J connectivity index is 1.50. The van der Waals surface area contributed by atoms with Crippen LogP contribution in [0, 0.1) is 29.1 Å². The Morgan fingerprint density at radius 3 is 2.30 bits per heavy atom. The molecule has 4 aromatic rings. The number of fused-ring (bicyclic) bond motifs is 1. The van der Waals surface area contributed by atoms with Gasteiger partial charge < -0.3 is 18.6 Å². The molecule has 2 aromatic carbocycles. The number of benzene rings is 2. The van der Waals surface area contributed by atoms with Crippen LogP contribution in [0.5, 0.6) is 5.75 Å². The standard InChI is InChI=1S/C25H23F5N4O3/c1-3-33(4-2)11-12-34-16-8-6-5-7-15(16)31-25(34)32-24(35)17-10-9-14(37-17)13-36-23-21(29)19(27)18(26)20(28)22(23)30/h5-10H,3-4,11-13H2,1-2H3,(H,31,32,35). The highest BCUT2D eigenvalue weighted by Crippen LogP contribution is 2.30. The molecule has 196 valence electrons. The number of likely N-dealkylation sites (N-methyl/N-ethyl adjacent to an activating group) is 1. The van der Waals surface area contributed by atoms with Crippen LogP contribution in [0.3, 0.4) is 0 Å². The zero-order chi connectivity index (χ0) is 26.7. The zero-order valence-electron chi connectivity index (χ0n) is 20.0. The molecule has 0 aliphatic carbocycles. The number of para-hydroxylation sites is 2. The number of hydrogen-bond acceptors (Lipinski definition) is 5. The molecule has 1 N–H and O–H groups in total. The first-order chi connectivity index (χ1) is 17.7. The van der Waals surface area contributed by atoms with E-state index in [1.807, 2.05) is 28.8 Å². The lowest BCUT2D eigenvalue weighted by Crippen LogP contribution is -2.27. The number of carbonyl (C=O) groups excluding carboxylic acids is 1. The topological polar surface area (TPSA) is 72.5 Å². The highest BCUT2D eigenvalue weighted by atomic mass is 19.2. The molecule has 7 nitrogen and oxygen atoms in total. The summed E-state index contributed by atoms with van der Waals surface area (Å²) >= 11 is 0. The molecule has 1 amide bonds. The third kappa shape index (κ3) is 5.29. The Morgan fingerprint density at radius 2 is 1.62 bits per heavy atom. The van der Waals surface area contributed by atoms with Crippen LogP contribution in [0.2, 0.25) is 0 Å². The van der Waals surface area contributed by atoms with Gasteiger partial charge in [0.1, 0.15) is 12.4 Å². The van der Waals surface area contributed by atoms with Crippen LogP contribution in [0.25, 0.3) is 11.0 Å². The van der Waals surface area contributed by atoms with Crippen molar-refractivity contribution in [3.8, 4) is 5.75 Å². The number of nitrogens with one attached hydrogen (secondary N) is 1. The van der Waals surface area contributed by atoms with E-state index in [2.05, 4.69) is 29.0 Å². The summed E-state index contributed by atoms with van der Waals surface area (Å²) < 4.78 is 79.6. The van der Waals surface area contributed by atoms with Crippen molar-refractivity contribution < 1.29 is 35.9 Å². The zero-order valence-corrected chi connectivity index (χ0v) is 20.0. The monoisotopic (exact) mass is 522 g/mol. The summed E-state index contributed by atoms with van der Waals surface area (Å²) in [5.74, 6) is -12.8. The van der Waals surface area contributed by atoms with Crippen molar-refractivity contribution in [3.05, 3.63) is 77.0 Å². The maximum Gasteiger partial charge on any atom is 0.293 e. The lowest BCUT2D eigenvalue weighted by Gasteiger charge is -2.19. The molecule has 0 bridgehead atoms. The van der Waals surface area contributed by atoms with Crippen molar-refractivity contribution in [2.45, 2.75) is 27.0 Å². The molecule has 0 saturated carbocycles. The van der Waals surface area contributed by atoms with Gasteiger partial charge in [-0.1, -0.05) is 26.0 Å². The number of ether oxygens (including phenoxy) is 1. The van der Waals surface area contributed by atoms with Gasteiger partial charge in [0.15, 0.2) is 11.5 Å². The van der Waals surface area contributed by atoms with Gasteiger partial charge in [-0.2, -0.15) is 8.78 Å². The van der Waals surface area contributed by atoms with Crippen LogP contribution in [0.1, 0.15) is 30.2 Å². The number of carbonyl (C=O) groups is 1. The minimum Gasteiger partial charge on any atom is -0.479 e. The van der Waals surface area contributed by atoms with Crippen molar-refractivity contribution >= 4 is 22.9 Å². The number of hydrogen-bond donors (Lipinski definition) is 1. The minimum atomic E-state index is -2.29. The summed E-state index contributed by atoms with van der Waals surface area (Å²) in [6.07, 6.45) is 0. The fourth-order valence-corrected chi connectivity index (χ4v) is 3.77. The van der Waals surface area contributed by atoms with Gasteiger partial charge in [-0.3, -0.25) is 10.1 Å². The lowest BCUT2D eigenvalue weighted by molar-refractivity contribution is 0.0990. The van der Waals surface area contributed by atoms with Gasteiger partial charge in [-0.05, 0) is 37.4 Å². The summed E-state index contributed by atoms with van der Waals surface area (Å²) in [6, 6.07) is 9.98. The Morgan fingerprint density at radius 1 is 0.973 bits per heavy atom. The van der Waals surface area contributed by atoms with E-state index in [0.717, 1.165) is 25.2 Å². The first-order valence-corrected chi connectivity index (χ1v) is 11.5. The van der Waals surface area contributed by atoms with Gasteiger partial charge in [0.05, 0.1) is 11.0 Å². The quantitative estimate of drug-likeness (QED) is 0.169. The lowest BCUT2D eigenvalue weighted by atomic mass is 10.2. The number of furan rings is 1. The number of rotatable bonds is 10. The molecule has 2 aromatic heterocycles. The second-order valence-electron chi connectivity index (χ2n) is 8.01. The summed E-state index contributed by atoms with van der Waals surface area (Å²) in [6.45, 7) is 6.46. The normalized spacial score (nSPS) is 11.5. The van der Waals surface area contributed by atoms with Crippen LogP contribution in [0.15, 0.2) is 40.8 Å². The van der Waals surface area contributed by atoms with Gasteiger partial charge in [-0.15, -0.1) is 0 Å². The van der Waals surface area contributed by atoms with Gasteiger partial charge in [0.2, 0.25) is 35.0 Å². The minimum absolute atomic E-state index is 0.0795. The number of imidazole rings is 1. The fourth-order valence-electron chi connectivity index (χ4n) is 3.77. The van der Waals surface area contributed by atoms with Crippen LogP contribution in [0.4, 0.5) is 27.9 Å². The van der Waals surface area contributed by atoms with E-state index in [-0.39, 0.29) is 11.5 Å². The molecule has 0 radical (unpaired) electrons. The van der Waals surface area contributed by atoms with Crippen LogP contribution >= 0.6 is 0 Å². The molecule has 12 heteroatoms. The van der Waals surface area contributed by atoms with Crippen molar-refractivity contribution in [3.63, 3.8) is 0 Å². The van der Waals surface area contributed by atoms with E-state index < -0.39 is 47.3 Å². The van der Waals surface area contributed by atoms with Crippen LogP contribution in [-0.4, -0.2) is 40.0 Å². The predicted octanol–water partition coefficient (Wildman–Crippen LogP) is 5.50. The second kappa shape index (κ2) is 11.0. The van der Waals surface area contributed by atoms with E-state index in [1.165, 1.54) is 12.1 Å². The molecule has 4 rings (SSSR count). The average Bonchev–Trinajstić information content (AvgIpc) is 3.51. The summed E-state index contributed by atoms with van der Waals surface area (Å²) in [7, 11) is 0. The highest BCUT2D eigenvalue weighted by Gasteiger charge is 2.27. The number of anilines is 1. The Hall–Kier alpha value is -3.93. The second-order valence-corrected chi connectivity index (χ2v) is 8.01. The number of aromatic nitrogens is 2. The van der Waals surface area contributed by atoms with Crippen LogP contribution in [-0.2, 0) is 13.2 Å². The molecular weight excluding hydrogens is 499 g/mol. The Bertz CT molecular complexity index is 1400. The first kappa shape index (κ1) is 26.1. The molecule has 0 unspecified atom stereocenters. The van der Waals surface area contributed by atoms with E-state index >= 15 is 0 Å². The first-order valence-electron chi connectivity index (χ1n) is 11.5. The van der Waals surface area contributed by atoms with E-state index in [0.29, 0.717) is 18.0 Å². The van der Waals surface area contributed by atoms with Crippen molar-refractivity contribution in [2.24, 2.45) is 0 Å². The average molecular weight is 522 g/mol. The molecule has 2 heterocycles. The molecule has 0 atom stereocenters. The number of amides is 1. The molecule has 37 heavy (non-hydrogen) atoms. The van der Waals surface area contributed by atoms with Gasteiger partial charge in [0.25, 0.3) is 5.91 Å². The summed E-state index contributed by atoms with van der Waals surface area (Å²) in [5, 5.41) is 2.70. The predicted molar refractivity (Wildman–Crippen MR) is 125 cm³/mol. The van der Waals surface area contributed by atoms with Gasteiger partial charge >= 0.3 is 0 Å². The largest absolute Gasteiger partial charge is 0.479 e. The van der Waals surface area contributed by atoms with Crippen molar-refractivity contribution in [1.82, 2.24) is 14.5 Å². The number of halogens is 5. The molecule has 0 aliphatic heterocycles. The fraction of sp³-hybridized carbons (Fsp3) is 0.280. The van der Waals surface area contributed by atoms with E-state index in [4.69, 9.17) is 9.15 Å². The highest BCUT2D eigenvalue weighted by molar-refractivity contribution is 6.02. The van der Waals surface area contributed by atoms with E-state index in [9.17, 15) is 26.7 Å². The third-order valence-corrected chi connectivity index (χ3v) is 5.83. The molecule has 0 saturated heterocycles. The maximum atomic E-state index is 13.8. The summed E-state index contributed by atoms with van der Waals surface area (Å²) in [5.41, 5.74) is 1.52. The van der Waals surface area contributed by atoms with Crippen LogP contribution < -0.4 is 10.1 Å². The van der Waals surface area contributed by atoms with Gasteiger partial charge in [-0.25, -0.2) is 18.2 Å². The van der Waals surface area contributed by atoms with Crippen molar-refractivity contribution in [2.75, 3.05) is 25.0 Å². The molecule has 0 spiro atoms. The third-order valence-electron chi connectivity index (χ3n) is 5.83. The molecular formula is C25H23F5N4O3. The smallest absolute Gasteiger partial charge is 0.293 e. The number of nitrogens with zero attached hydrogens (tertiary/aromatic N) is 3.